The highest BCUT2D eigenvalue weighted by molar-refractivity contribution is 5.83. The van der Waals surface area contributed by atoms with Crippen LogP contribution < -0.4 is 0 Å². The lowest BCUT2D eigenvalue weighted by atomic mass is 10.0. The normalized spacial score (nSPS) is 34.3. The summed E-state index contributed by atoms with van der Waals surface area (Å²) in [7, 11) is 1.94. The van der Waals surface area contributed by atoms with Gasteiger partial charge in [0, 0.05) is 37.8 Å². The van der Waals surface area contributed by atoms with Gasteiger partial charge in [0.05, 0.1) is 6.20 Å². The Morgan fingerprint density at radius 3 is 2.78 bits per heavy atom. The van der Waals surface area contributed by atoms with E-state index in [0.29, 0.717) is 23.9 Å². The summed E-state index contributed by atoms with van der Waals surface area (Å²) in [5, 5.41) is 4.25. The third-order valence-electron chi connectivity index (χ3n) is 6.11. The van der Waals surface area contributed by atoms with Gasteiger partial charge >= 0.3 is 0 Å². The minimum absolute atomic E-state index is 0.205. The molecule has 0 N–H and O–H groups in total. The van der Waals surface area contributed by atoms with Gasteiger partial charge < -0.3 is 4.90 Å². The highest BCUT2D eigenvalue weighted by atomic mass is 16.2. The zero-order chi connectivity index (χ0) is 16.0. The van der Waals surface area contributed by atoms with Gasteiger partial charge in [0.15, 0.2) is 0 Å². The average Bonchev–Trinajstić information content (AvgIpc) is 2.95. The zero-order valence-corrected chi connectivity index (χ0v) is 14.3. The number of nitrogens with zero attached hydrogens (tertiary/aromatic N) is 4. The van der Waals surface area contributed by atoms with Crippen molar-refractivity contribution in [2.45, 2.75) is 57.0 Å². The molecule has 0 bridgehead atoms. The molecule has 5 heteroatoms. The fourth-order valence-electron chi connectivity index (χ4n) is 4.83. The van der Waals surface area contributed by atoms with Gasteiger partial charge in [-0.3, -0.25) is 14.4 Å². The highest BCUT2D eigenvalue weighted by Crippen LogP contribution is 2.49. The van der Waals surface area contributed by atoms with Crippen LogP contribution in [0.5, 0.6) is 0 Å². The maximum atomic E-state index is 13.0. The number of likely N-dealkylation sites (N-methyl/N-ethyl adjacent to an activating group) is 1. The molecule has 0 aromatic carbocycles. The molecule has 23 heavy (non-hydrogen) atoms. The molecule has 2 aliphatic heterocycles. The first-order valence-electron chi connectivity index (χ1n) is 9.22. The number of aromatic nitrogens is 2. The van der Waals surface area contributed by atoms with E-state index in [9.17, 15) is 4.79 Å². The molecule has 0 unspecified atom stereocenters. The molecule has 4 rings (SSSR count). The largest absolute Gasteiger partial charge is 0.338 e. The van der Waals surface area contributed by atoms with Crippen molar-refractivity contribution >= 4 is 5.91 Å². The molecule has 0 radical (unpaired) electrons. The molecule has 1 amide bonds. The summed E-state index contributed by atoms with van der Waals surface area (Å²) in [4.78, 5) is 17.9. The standard InChI is InChI=1S/C18H28N4O/c1-3-21-8-4-6-16(21)17-7-5-9-22(17)18(23)15-10-14(15)13-11-19-20(2)12-13/h11-12,14-17H,3-10H2,1-2H3/t14-,15+,16-,17+/m1/s1. The van der Waals surface area contributed by atoms with Gasteiger partial charge in [0.1, 0.15) is 0 Å². The van der Waals surface area contributed by atoms with Gasteiger partial charge in [-0.15, -0.1) is 0 Å². The van der Waals surface area contributed by atoms with Crippen LogP contribution >= 0.6 is 0 Å². The van der Waals surface area contributed by atoms with Crippen LogP contribution in [0.3, 0.4) is 0 Å². The Morgan fingerprint density at radius 2 is 2.04 bits per heavy atom. The Balaban J connectivity index is 1.44. The third-order valence-corrected chi connectivity index (χ3v) is 6.11. The quantitative estimate of drug-likeness (QED) is 0.853. The minimum Gasteiger partial charge on any atom is -0.338 e. The lowest BCUT2D eigenvalue weighted by Crippen LogP contribution is -2.48. The number of carbonyl (C=O) groups is 1. The van der Waals surface area contributed by atoms with Crippen molar-refractivity contribution in [3.05, 3.63) is 18.0 Å². The lowest BCUT2D eigenvalue weighted by Gasteiger charge is -2.34. The highest BCUT2D eigenvalue weighted by Gasteiger charge is 2.49. The third kappa shape index (κ3) is 2.69. The van der Waals surface area contributed by atoms with Crippen molar-refractivity contribution < 1.29 is 4.79 Å². The van der Waals surface area contributed by atoms with Crippen LogP contribution in [0.2, 0.25) is 0 Å². The second kappa shape index (κ2) is 5.93. The van der Waals surface area contributed by atoms with Crippen LogP contribution in [-0.4, -0.2) is 57.2 Å². The van der Waals surface area contributed by atoms with Gasteiger partial charge in [-0.1, -0.05) is 6.92 Å². The number of likely N-dealkylation sites (tertiary alicyclic amines) is 2. The molecule has 4 atom stereocenters. The molecule has 5 nitrogen and oxygen atoms in total. The molecular formula is C18H28N4O. The van der Waals surface area contributed by atoms with E-state index in [2.05, 4.69) is 28.0 Å². The summed E-state index contributed by atoms with van der Waals surface area (Å²) >= 11 is 0. The summed E-state index contributed by atoms with van der Waals surface area (Å²) in [5.41, 5.74) is 1.23. The molecule has 1 saturated carbocycles. The molecule has 2 saturated heterocycles. The van der Waals surface area contributed by atoms with Gasteiger partial charge in [-0.25, -0.2) is 0 Å². The fraction of sp³-hybridized carbons (Fsp3) is 0.778. The second-order valence-corrected chi connectivity index (χ2v) is 7.48. The van der Waals surface area contributed by atoms with E-state index in [-0.39, 0.29) is 5.92 Å². The number of hydrogen-bond acceptors (Lipinski definition) is 3. The zero-order valence-electron chi connectivity index (χ0n) is 14.3. The van der Waals surface area contributed by atoms with Crippen LogP contribution in [0.15, 0.2) is 12.4 Å². The number of amides is 1. The smallest absolute Gasteiger partial charge is 0.226 e. The number of carbonyl (C=O) groups excluding carboxylic acids is 1. The minimum atomic E-state index is 0.205. The van der Waals surface area contributed by atoms with Gasteiger partial charge in [0.2, 0.25) is 5.91 Å². The van der Waals surface area contributed by atoms with Crippen LogP contribution in [0.25, 0.3) is 0 Å². The van der Waals surface area contributed by atoms with Gasteiger partial charge in [-0.05, 0) is 56.7 Å². The van der Waals surface area contributed by atoms with Crippen LogP contribution in [0.4, 0.5) is 0 Å². The number of aryl methyl sites for hydroxylation is 1. The lowest BCUT2D eigenvalue weighted by molar-refractivity contribution is -0.134. The predicted molar refractivity (Wildman–Crippen MR) is 89.1 cm³/mol. The average molecular weight is 316 g/mol. The first kappa shape index (κ1) is 15.2. The Morgan fingerprint density at radius 1 is 1.26 bits per heavy atom. The molecule has 126 valence electrons. The van der Waals surface area contributed by atoms with Crippen LogP contribution in [0.1, 0.15) is 50.5 Å². The van der Waals surface area contributed by atoms with Crippen molar-refractivity contribution in [3.63, 3.8) is 0 Å². The Bertz CT molecular complexity index is 583. The summed E-state index contributed by atoms with van der Waals surface area (Å²) in [6.07, 6.45) is 9.92. The van der Waals surface area contributed by atoms with E-state index in [4.69, 9.17) is 0 Å². The van der Waals surface area contributed by atoms with Gasteiger partial charge in [0.25, 0.3) is 0 Å². The topological polar surface area (TPSA) is 41.4 Å². The van der Waals surface area contributed by atoms with Crippen LogP contribution in [-0.2, 0) is 11.8 Å². The molecule has 3 aliphatic rings. The summed E-state index contributed by atoms with van der Waals surface area (Å²) in [5.74, 6) is 1.02. The SMILES string of the molecule is CCN1CCC[C@@H]1[C@@H]1CCCN1C(=O)[C@H]1C[C@@H]1c1cnn(C)c1. The Hall–Kier alpha value is -1.36. The molecular weight excluding hydrogens is 288 g/mol. The van der Waals surface area contributed by atoms with Crippen molar-refractivity contribution in [2.24, 2.45) is 13.0 Å². The van der Waals surface area contributed by atoms with Gasteiger partial charge in [-0.2, -0.15) is 5.10 Å². The molecule has 3 heterocycles. The van der Waals surface area contributed by atoms with Crippen molar-refractivity contribution in [3.8, 4) is 0 Å². The van der Waals surface area contributed by atoms with Crippen molar-refractivity contribution in [1.82, 2.24) is 19.6 Å². The van der Waals surface area contributed by atoms with E-state index in [1.54, 1.807) is 0 Å². The monoisotopic (exact) mass is 316 g/mol. The molecule has 1 aromatic heterocycles. The molecule has 0 spiro atoms. The van der Waals surface area contributed by atoms with E-state index in [1.807, 2.05) is 17.9 Å². The summed E-state index contributed by atoms with van der Waals surface area (Å²) < 4.78 is 1.84. The first-order chi connectivity index (χ1) is 11.2. The fourth-order valence-corrected chi connectivity index (χ4v) is 4.83. The second-order valence-electron chi connectivity index (χ2n) is 7.48. The van der Waals surface area contributed by atoms with E-state index < -0.39 is 0 Å². The molecule has 3 fully saturated rings. The Labute approximate surface area is 138 Å². The van der Waals surface area contributed by atoms with E-state index in [0.717, 1.165) is 19.5 Å². The number of rotatable bonds is 4. The maximum Gasteiger partial charge on any atom is 0.226 e. The first-order valence-corrected chi connectivity index (χ1v) is 9.22. The van der Waals surface area contributed by atoms with Crippen molar-refractivity contribution in [1.29, 1.82) is 0 Å². The van der Waals surface area contributed by atoms with Crippen molar-refractivity contribution in [2.75, 3.05) is 19.6 Å². The molecule has 1 aromatic rings. The van der Waals surface area contributed by atoms with E-state index in [1.165, 1.54) is 37.8 Å². The molecule has 1 aliphatic carbocycles. The summed E-state index contributed by atoms with van der Waals surface area (Å²) in [6.45, 7) is 5.54. The van der Waals surface area contributed by atoms with Crippen LogP contribution in [0, 0.1) is 5.92 Å². The Kier molecular flexibility index (Phi) is 3.92. The maximum absolute atomic E-state index is 13.0. The summed E-state index contributed by atoms with van der Waals surface area (Å²) in [6, 6.07) is 1.06. The number of hydrogen-bond donors (Lipinski definition) is 0. The van der Waals surface area contributed by atoms with E-state index >= 15 is 0 Å². The predicted octanol–water partition coefficient (Wildman–Crippen LogP) is 2.00.